The molecule has 0 spiro atoms. The van der Waals surface area contributed by atoms with Gasteiger partial charge in [-0.15, -0.1) is 0 Å². The quantitative estimate of drug-likeness (QED) is 0.288. The van der Waals surface area contributed by atoms with E-state index in [4.69, 9.17) is 10.1 Å². The Hall–Kier alpha value is -3.37. The molecule has 0 bridgehead atoms. The van der Waals surface area contributed by atoms with E-state index in [1.165, 1.54) is 11.8 Å². The second kappa shape index (κ2) is 9.01. The van der Waals surface area contributed by atoms with Crippen molar-refractivity contribution in [3.8, 4) is 0 Å². The summed E-state index contributed by atoms with van der Waals surface area (Å²) in [6.07, 6.45) is 6.95. The molecule has 0 atom stereocenters. The second-order valence-corrected chi connectivity index (χ2v) is 8.79. The van der Waals surface area contributed by atoms with Gasteiger partial charge in [-0.1, -0.05) is 11.8 Å². The lowest BCUT2D eigenvalue weighted by atomic mass is 10.2. The van der Waals surface area contributed by atoms with Gasteiger partial charge in [0.05, 0.1) is 0 Å². The highest BCUT2D eigenvalue weighted by Gasteiger charge is 2.29. The minimum atomic E-state index is 0.102. The number of aryl methyl sites for hydroxylation is 1. The number of nitrogens with zero attached hydrogens (tertiary/aromatic N) is 4. The number of anilines is 3. The average molecular weight is 450 g/mol. The van der Waals surface area contributed by atoms with Crippen molar-refractivity contribution >= 4 is 40.8 Å². The lowest BCUT2D eigenvalue weighted by Crippen LogP contribution is -2.12. The summed E-state index contributed by atoms with van der Waals surface area (Å²) >= 11 is 1.52. The molecule has 1 saturated carbocycles. The summed E-state index contributed by atoms with van der Waals surface area (Å²) in [6.45, 7) is 0.145. The van der Waals surface area contributed by atoms with Crippen LogP contribution in [0.2, 0.25) is 0 Å². The van der Waals surface area contributed by atoms with Gasteiger partial charge < -0.3 is 15.7 Å². The monoisotopic (exact) mass is 449 g/mol. The molecule has 3 heterocycles. The van der Waals surface area contributed by atoms with Crippen LogP contribution in [0.5, 0.6) is 0 Å². The summed E-state index contributed by atoms with van der Waals surface area (Å²) in [5, 5.41) is 23.3. The fourth-order valence-corrected chi connectivity index (χ4v) is 4.11. The number of H-pyrrole nitrogens is 1. The normalized spacial score (nSPS) is 13.4. The third-order valence-corrected chi connectivity index (χ3v) is 6.06. The highest BCUT2D eigenvalue weighted by molar-refractivity contribution is 7.99. The van der Waals surface area contributed by atoms with Crippen LogP contribution in [0.3, 0.4) is 0 Å². The summed E-state index contributed by atoms with van der Waals surface area (Å²) in [5.74, 6) is 1.54. The topological polar surface area (TPSA) is 120 Å². The molecule has 4 N–H and O–H groups in total. The summed E-state index contributed by atoms with van der Waals surface area (Å²) in [7, 11) is 0. The van der Waals surface area contributed by atoms with Gasteiger partial charge in [0.15, 0.2) is 5.82 Å². The summed E-state index contributed by atoms with van der Waals surface area (Å²) in [5.41, 5.74) is 2.53. The first-order chi connectivity index (χ1) is 15.7. The molecule has 9 nitrogen and oxygen atoms in total. The molecule has 1 aromatic carbocycles. The number of hydrogen-bond acceptors (Lipinski definition) is 7. The van der Waals surface area contributed by atoms with Crippen LogP contribution in [-0.4, -0.2) is 42.2 Å². The molecule has 0 saturated heterocycles. The first-order valence-electron chi connectivity index (χ1n) is 10.5. The molecule has 1 amide bonds. The van der Waals surface area contributed by atoms with Crippen molar-refractivity contribution in [3.63, 3.8) is 0 Å². The van der Waals surface area contributed by atoms with E-state index in [0.29, 0.717) is 18.2 Å². The molecule has 164 valence electrons. The SMILES string of the molecule is O=C(Nc1ccc(Sc2cc3nccn3c(Nc3cc(CCCO)[nH]n3)n2)cc1)C1CC1. The summed E-state index contributed by atoms with van der Waals surface area (Å²) < 4.78 is 1.86. The maximum atomic E-state index is 11.9. The predicted molar refractivity (Wildman–Crippen MR) is 122 cm³/mol. The van der Waals surface area contributed by atoms with Crippen molar-refractivity contribution in [1.29, 1.82) is 0 Å². The molecule has 1 aliphatic rings. The number of aliphatic hydroxyl groups is 1. The molecule has 5 rings (SSSR count). The van der Waals surface area contributed by atoms with E-state index >= 15 is 0 Å². The molecule has 3 aromatic heterocycles. The number of aliphatic hydroxyl groups excluding tert-OH is 1. The maximum absolute atomic E-state index is 11.9. The zero-order chi connectivity index (χ0) is 21.9. The number of aromatic nitrogens is 5. The Morgan fingerprint density at radius 1 is 1.25 bits per heavy atom. The summed E-state index contributed by atoms with van der Waals surface area (Å²) in [4.78, 5) is 22.1. The van der Waals surface area contributed by atoms with E-state index in [9.17, 15) is 4.79 Å². The number of hydrogen-bond donors (Lipinski definition) is 4. The third kappa shape index (κ3) is 4.76. The van der Waals surface area contributed by atoms with Crippen LogP contribution in [0.1, 0.15) is 25.0 Å². The van der Waals surface area contributed by atoms with Crippen LogP contribution < -0.4 is 10.6 Å². The first-order valence-corrected chi connectivity index (χ1v) is 11.3. The number of amides is 1. The van der Waals surface area contributed by atoms with Gasteiger partial charge >= 0.3 is 0 Å². The molecule has 10 heteroatoms. The van der Waals surface area contributed by atoms with Crippen LogP contribution in [0.25, 0.3) is 5.65 Å². The largest absolute Gasteiger partial charge is 0.396 e. The number of carbonyl (C=O) groups excluding carboxylic acids is 1. The van der Waals surface area contributed by atoms with Crippen molar-refractivity contribution in [3.05, 3.63) is 54.5 Å². The molecule has 0 radical (unpaired) electrons. The van der Waals surface area contributed by atoms with Gasteiger partial charge in [0.1, 0.15) is 10.7 Å². The highest BCUT2D eigenvalue weighted by atomic mass is 32.2. The van der Waals surface area contributed by atoms with Gasteiger partial charge in [-0.3, -0.25) is 14.3 Å². The Labute approximate surface area is 188 Å². The number of aromatic amines is 1. The standard InChI is InChI=1S/C22H23N7O2S/c30-11-1-2-16-12-18(28-27-16)25-22-26-20(13-19-23-9-10-29(19)22)32-17-7-5-15(6-8-17)24-21(31)14-3-4-14/h5-10,12-14,30H,1-4,11H2,(H,24,31)(H2,25,26,27,28). The number of fused-ring (bicyclic) bond motifs is 1. The van der Waals surface area contributed by atoms with E-state index in [2.05, 4.69) is 25.8 Å². The third-order valence-electron chi connectivity index (χ3n) is 5.13. The first kappa shape index (κ1) is 20.5. The fraction of sp³-hybridized carbons (Fsp3) is 0.273. The average Bonchev–Trinajstić information content (AvgIpc) is 3.38. The van der Waals surface area contributed by atoms with Gasteiger partial charge in [-0.25, -0.2) is 9.97 Å². The fourth-order valence-electron chi connectivity index (χ4n) is 3.30. The Balaban J connectivity index is 1.32. The van der Waals surface area contributed by atoms with Gasteiger partial charge in [-0.2, -0.15) is 5.10 Å². The maximum Gasteiger partial charge on any atom is 0.227 e. The Kier molecular flexibility index (Phi) is 5.78. The van der Waals surface area contributed by atoms with E-state index in [1.807, 2.05) is 47.0 Å². The lowest BCUT2D eigenvalue weighted by Gasteiger charge is -2.09. The Morgan fingerprint density at radius 3 is 2.88 bits per heavy atom. The smallest absolute Gasteiger partial charge is 0.227 e. The van der Waals surface area contributed by atoms with Crippen LogP contribution in [-0.2, 0) is 11.2 Å². The number of nitrogens with one attached hydrogen (secondary N) is 3. The highest BCUT2D eigenvalue weighted by Crippen LogP contribution is 2.32. The molecule has 32 heavy (non-hydrogen) atoms. The number of rotatable bonds is 9. The van der Waals surface area contributed by atoms with Crippen molar-refractivity contribution in [2.24, 2.45) is 5.92 Å². The Bertz CT molecular complexity index is 1230. The van der Waals surface area contributed by atoms with Gasteiger partial charge in [0.25, 0.3) is 0 Å². The minimum absolute atomic E-state index is 0.102. The zero-order valence-electron chi connectivity index (χ0n) is 17.3. The predicted octanol–water partition coefficient (Wildman–Crippen LogP) is 3.62. The van der Waals surface area contributed by atoms with Crippen molar-refractivity contribution in [2.45, 2.75) is 35.6 Å². The van der Waals surface area contributed by atoms with E-state index in [1.54, 1.807) is 6.20 Å². The number of carbonyl (C=O) groups is 1. The van der Waals surface area contributed by atoms with Crippen molar-refractivity contribution in [2.75, 3.05) is 17.2 Å². The number of benzene rings is 1. The van der Waals surface area contributed by atoms with E-state index < -0.39 is 0 Å². The zero-order valence-corrected chi connectivity index (χ0v) is 18.1. The van der Waals surface area contributed by atoms with Crippen LogP contribution >= 0.6 is 11.8 Å². The van der Waals surface area contributed by atoms with Crippen LogP contribution in [0.4, 0.5) is 17.5 Å². The lowest BCUT2D eigenvalue weighted by molar-refractivity contribution is -0.117. The van der Waals surface area contributed by atoms with Crippen LogP contribution in [0.15, 0.2) is 58.7 Å². The molecule has 1 fully saturated rings. The summed E-state index contributed by atoms with van der Waals surface area (Å²) in [6, 6.07) is 11.6. The number of imidazole rings is 1. The molecule has 4 aromatic rings. The van der Waals surface area contributed by atoms with Crippen molar-refractivity contribution < 1.29 is 9.90 Å². The molecule has 1 aliphatic carbocycles. The molecular formula is C22H23N7O2S. The van der Waals surface area contributed by atoms with Gasteiger partial charge in [0, 0.05) is 53.3 Å². The van der Waals surface area contributed by atoms with Crippen LogP contribution in [0, 0.1) is 5.92 Å². The molecule has 0 aliphatic heterocycles. The second-order valence-electron chi connectivity index (χ2n) is 7.69. The van der Waals surface area contributed by atoms with Crippen molar-refractivity contribution in [1.82, 2.24) is 24.6 Å². The van der Waals surface area contributed by atoms with Gasteiger partial charge in [-0.05, 0) is 49.9 Å². The minimum Gasteiger partial charge on any atom is -0.396 e. The Morgan fingerprint density at radius 2 is 2.09 bits per heavy atom. The van der Waals surface area contributed by atoms with Gasteiger partial charge in [0.2, 0.25) is 11.9 Å². The molecule has 0 unspecified atom stereocenters. The molecular weight excluding hydrogens is 426 g/mol. The van der Waals surface area contributed by atoms with E-state index in [0.717, 1.165) is 46.2 Å². The van der Waals surface area contributed by atoms with E-state index in [-0.39, 0.29) is 18.4 Å².